The fourth-order valence-corrected chi connectivity index (χ4v) is 3.94. The Bertz CT molecular complexity index is 1300. The van der Waals surface area contributed by atoms with Crippen LogP contribution in [-0.4, -0.2) is 26.5 Å². The van der Waals surface area contributed by atoms with Crippen LogP contribution in [0.4, 0.5) is 16.2 Å². The number of rotatable bonds is 7. The Labute approximate surface area is 199 Å². The molecule has 178 valence electrons. The lowest BCUT2D eigenvalue weighted by atomic mass is 10.2. The summed E-state index contributed by atoms with van der Waals surface area (Å²) >= 11 is 0. The molecule has 0 radical (unpaired) electrons. The van der Waals surface area contributed by atoms with Gasteiger partial charge in [0.15, 0.2) is 5.75 Å². The van der Waals surface area contributed by atoms with Crippen LogP contribution in [0.15, 0.2) is 71.6 Å². The van der Waals surface area contributed by atoms with Crippen molar-refractivity contribution in [2.75, 3.05) is 10.6 Å². The van der Waals surface area contributed by atoms with E-state index in [1.807, 2.05) is 26.0 Å². The van der Waals surface area contributed by atoms with Gasteiger partial charge in [0.05, 0.1) is 6.10 Å². The molecule has 0 saturated carbocycles. The van der Waals surface area contributed by atoms with Gasteiger partial charge in [-0.05, 0) is 69.7 Å². The van der Waals surface area contributed by atoms with Crippen molar-refractivity contribution in [2.24, 2.45) is 0 Å². The van der Waals surface area contributed by atoms with Crippen molar-refractivity contribution in [3.05, 3.63) is 83.4 Å². The molecule has 0 atom stereocenters. The van der Waals surface area contributed by atoms with Crippen LogP contribution in [0.5, 0.6) is 5.75 Å². The van der Waals surface area contributed by atoms with E-state index in [2.05, 4.69) is 10.6 Å². The van der Waals surface area contributed by atoms with Crippen molar-refractivity contribution < 1.29 is 26.9 Å². The first-order chi connectivity index (χ1) is 16.0. The highest BCUT2D eigenvalue weighted by Crippen LogP contribution is 2.28. The first kappa shape index (κ1) is 24.8. The molecule has 0 bridgehead atoms. The van der Waals surface area contributed by atoms with Gasteiger partial charge in [0.1, 0.15) is 10.5 Å². The van der Waals surface area contributed by atoms with Crippen LogP contribution in [-0.2, 0) is 14.9 Å². The number of hydrogen-bond donors (Lipinski definition) is 2. The third kappa shape index (κ3) is 6.58. The van der Waals surface area contributed by atoms with Gasteiger partial charge in [0, 0.05) is 17.4 Å². The second-order valence-corrected chi connectivity index (χ2v) is 9.51. The SMILES string of the molecule is Cc1ccc(S(=O)(=O)Oc2cc(NC(=O)Nc3cccc(C)c3)ccc2C(=O)OC(C)C)cc1. The Kier molecular flexibility index (Phi) is 7.57. The predicted molar refractivity (Wildman–Crippen MR) is 130 cm³/mol. The number of nitrogens with one attached hydrogen (secondary N) is 2. The molecule has 0 aromatic heterocycles. The fraction of sp³-hybridized carbons (Fsp3) is 0.200. The molecule has 34 heavy (non-hydrogen) atoms. The monoisotopic (exact) mass is 482 g/mol. The van der Waals surface area contributed by atoms with Gasteiger partial charge in [-0.1, -0.05) is 29.8 Å². The van der Waals surface area contributed by atoms with E-state index < -0.39 is 28.2 Å². The summed E-state index contributed by atoms with van der Waals surface area (Å²) in [6, 6.07) is 16.9. The van der Waals surface area contributed by atoms with E-state index in [9.17, 15) is 18.0 Å². The second kappa shape index (κ2) is 10.4. The smallest absolute Gasteiger partial charge is 0.342 e. The lowest BCUT2D eigenvalue weighted by Crippen LogP contribution is -2.20. The molecule has 2 N–H and O–H groups in total. The van der Waals surface area contributed by atoms with Crippen LogP contribution in [0.1, 0.15) is 35.3 Å². The van der Waals surface area contributed by atoms with Crippen molar-refractivity contribution in [1.82, 2.24) is 0 Å². The lowest BCUT2D eigenvalue weighted by Gasteiger charge is -2.15. The summed E-state index contributed by atoms with van der Waals surface area (Å²) in [5, 5.41) is 5.31. The quantitative estimate of drug-likeness (QED) is 0.350. The number of benzene rings is 3. The average molecular weight is 483 g/mol. The minimum absolute atomic E-state index is 0.0724. The maximum Gasteiger partial charge on any atom is 0.342 e. The summed E-state index contributed by atoms with van der Waals surface area (Å²) in [5.41, 5.74) is 2.58. The number of ether oxygens (including phenoxy) is 1. The van der Waals surface area contributed by atoms with Gasteiger partial charge in [-0.2, -0.15) is 8.42 Å². The second-order valence-electron chi connectivity index (χ2n) is 7.96. The number of aryl methyl sites for hydroxylation is 2. The zero-order valence-electron chi connectivity index (χ0n) is 19.3. The molecule has 3 aromatic rings. The molecule has 2 amide bonds. The van der Waals surface area contributed by atoms with E-state index in [0.29, 0.717) is 5.69 Å². The Morgan fingerprint density at radius 1 is 0.824 bits per heavy atom. The molecule has 0 saturated heterocycles. The van der Waals surface area contributed by atoms with E-state index >= 15 is 0 Å². The Morgan fingerprint density at radius 3 is 2.09 bits per heavy atom. The van der Waals surface area contributed by atoms with Crippen LogP contribution < -0.4 is 14.8 Å². The summed E-state index contributed by atoms with van der Waals surface area (Å²) in [4.78, 5) is 24.9. The molecule has 3 rings (SSSR count). The van der Waals surface area contributed by atoms with Gasteiger partial charge >= 0.3 is 22.1 Å². The number of carbonyl (C=O) groups is 2. The normalized spacial score (nSPS) is 11.1. The summed E-state index contributed by atoms with van der Waals surface area (Å²) in [6.45, 7) is 7.07. The largest absolute Gasteiger partial charge is 0.459 e. The third-order valence-corrected chi connectivity index (χ3v) is 5.84. The standard InChI is InChI=1S/C25H26N2O6S/c1-16(2)32-24(28)22-13-10-20(27-25(29)26-19-7-5-6-18(4)14-19)15-23(22)33-34(30,31)21-11-8-17(3)9-12-21/h5-16H,1-4H3,(H2,26,27,29). The van der Waals surface area contributed by atoms with Crippen molar-refractivity contribution >= 4 is 33.5 Å². The number of amides is 2. The predicted octanol–water partition coefficient (Wildman–Crippen LogP) is 5.28. The van der Waals surface area contributed by atoms with E-state index in [1.165, 1.54) is 30.3 Å². The Hall–Kier alpha value is -3.85. The van der Waals surface area contributed by atoms with Gasteiger partial charge in [-0.3, -0.25) is 0 Å². The van der Waals surface area contributed by atoms with E-state index in [0.717, 1.165) is 11.1 Å². The van der Waals surface area contributed by atoms with Crippen molar-refractivity contribution in [3.8, 4) is 5.75 Å². The van der Waals surface area contributed by atoms with Crippen LogP contribution in [0.25, 0.3) is 0 Å². The highest BCUT2D eigenvalue weighted by atomic mass is 32.2. The summed E-state index contributed by atoms with van der Waals surface area (Å²) in [5.74, 6) is -1.01. The molecule has 0 fully saturated rings. The average Bonchev–Trinajstić information content (AvgIpc) is 2.73. The number of carbonyl (C=O) groups excluding carboxylic acids is 2. The molecule has 9 heteroatoms. The number of anilines is 2. The van der Waals surface area contributed by atoms with Crippen molar-refractivity contribution in [3.63, 3.8) is 0 Å². The molecule has 0 aliphatic rings. The lowest BCUT2D eigenvalue weighted by molar-refractivity contribution is 0.0376. The highest BCUT2D eigenvalue weighted by molar-refractivity contribution is 7.87. The molecular formula is C25H26N2O6S. The molecule has 0 heterocycles. The number of esters is 1. The Morgan fingerprint density at radius 2 is 1.47 bits per heavy atom. The first-order valence-corrected chi connectivity index (χ1v) is 12.0. The number of urea groups is 1. The minimum Gasteiger partial charge on any atom is -0.459 e. The maximum absolute atomic E-state index is 12.8. The summed E-state index contributed by atoms with van der Waals surface area (Å²) < 4.78 is 36.2. The van der Waals surface area contributed by atoms with Crippen molar-refractivity contribution in [2.45, 2.75) is 38.7 Å². The van der Waals surface area contributed by atoms with Crippen LogP contribution >= 0.6 is 0 Å². The van der Waals surface area contributed by atoms with E-state index in [4.69, 9.17) is 8.92 Å². The maximum atomic E-state index is 12.8. The fourth-order valence-electron chi connectivity index (χ4n) is 3.00. The van der Waals surface area contributed by atoms with Crippen LogP contribution in [0, 0.1) is 13.8 Å². The summed E-state index contributed by atoms with van der Waals surface area (Å²) in [6.07, 6.45) is -0.424. The topological polar surface area (TPSA) is 111 Å². The summed E-state index contributed by atoms with van der Waals surface area (Å²) in [7, 11) is -4.25. The number of hydrogen-bond acceptors (Lipinski definition) is 6. The zero-order chi connectivity index (χ0) is 24.9. The van der Waals surface area contributed by atoms with Gasteiger partial charge in [-0.15, -0.1) is 0 Å². The molecule has 3 aromatic carbocycles. The van der Waals surface area contributed by atoms with Gasteiger partial charge < -0.3 is 19.6 Å². The Balaban J connectivity index is 1.89. The molecule has 0 aliphatic carbocycles. The zero-order valence-corrected chi connectivity index (χ0v) is 20.1. The van der Waals surface area contributed by atoms with Gasteiger partial charge in [-0.25, -0.2) is 9.59 Å². The van der Waals surface area contributed by atoms with Gasteiger partial charge in [0.25, 0.3) is 0 Å². The van der Waals surface area contributed by atoms with Crippen molar-refractivity contribution in [1.29, 1.82) is 0 Å². The minimum atomic E-state index is -4.25. The van der Waals surface area contributed by atoms with E-state index in [1.54, 1.807) is 38.1 Å². The van der Waals surface area contributed by atoms with Gasteiger partial charge in [0.2, 0.25) is 0 Å². The highest BCUT2D eigenvalue weighted by Gasteiger charge is 2.23. The first-order valence-electron chi connectivity index (χ1n) is 10.5. The molecule has 0 unspecified atom stereocenters. The third-order valence-electron chi connectivity index (χ3n) is 4.59. The molecular weight excluding hydrogens is 456 g/mol. The van der Waals surface area contributed by atoms with Crippen LogP contribution in [0.2, 0.25) is 0 Å². The molecule has 0 spiro atoms. The molecule has 8 nitrogen and oxygen atoms in total. The van der Waals surface area contributed by atoms with E-state index in [-0.39, 0.29) is 21.9 Å². The molecule has 0 aliphatic heterocycles. The van der Waals surface area contributed by atoms with Crippen LogP contribution in [0.3, 0.4) is 0 Å².